The Morgan fingerprint density at radius 2 is 1.05 bits per heavy atom. The van der Waals surface area contributed by atoms with Gasteiger partial charge in [0.15, 0.2) is 16.2 Å². The van der Waals surface area contributed by atoms with E-state index >= 15 is 0 Å². The van der Waals surface area contributed by atoms with Crippen molar-refractivity contribution in [2.75, 3.05) is 13.2 Å². The molecule has 0 amide bonds. The fraction of sp³-hybridized carbons (Fsp3) is 0.938. The molecule has 5 nitrogen and oxygen atoms in total. The van der Waals surface area contributed by atoms with Crippen molar-refractivity contribution in [1.82, 2.24) is 0 Å². The van der Waals surface area contributed by atoms with Crippen LogP contribution in [0.3, 0.4) is 0 Å². The Balaban J connectivity index is 2.19. The van der Waals surface area contributed by atoms with Crippen molar-refractivity contribution in [2.45, 2.75) is 180 Å². The molecule has 0 saturated carbocycles. The zero-order chi connectivity index (χ0) is 28.6. The Morgan fingerprint density at radius 1 is 0.641 bits per heavy atom. The van der Waals surface area contributed by atoms with Crippen molar-refractivity contribution in [3.05, 3.63) is 0 Å². The lowest BCUT2D eigenvalue weighted by molar-refractivity contribution is -0.189. The van der Waals surface area contributed by atoms with E-state index in [1.54, 1.807) is 0 Å². The van der Waals surface area contributed by atoms with Gasteiger partial charge in [-0.3, -0.25) is 0 Å². The lowest BCUT2D eigenvalue weighted by Crippen LogP contribution is -2.56. The summed E-state index contributed by atoms with van der Waals surface area (Å²) in [6.07, 6.45) is 23.6. The van der Waals surface area contributed by atoms with Crippen LogP contribution in [0.25, 0.3) is 0 Å². The van der Waals surface area contributed by atoms with Gasteiger partial charge in [0.25, 0.3) is 0 Å². The number of rotatable bonds is 25. The first kappa shape index (κ1) is 36.7. The van der Waals surface area contributed by atoms with Crippen molar-refractivity contribution in [1.29, 1.82) is 0 Å². The summed E-state index contributed by atoms with van der Waals surface area (Å²) in [4.78, 5) is 0. The van der Waals surface area contributed by atoms with Crippen molar-refractivity contribution in [3.63, 3.8) is 0 Å². The summed E-state index contributed by atoms with van der Waals surface area (Å²) in [5.41, 5.74) is 0. The third kappa shape index (κ3) is 19.4. The van der Waals surface area contributed by atoms with E-state index < -0.39 is 24.4 Å². The standard InChI is InChI=1S/C32H60O5S2/c1-3-5-7-9-11-13-15-17-19-21-23-29(38)36-26-28-32(31(34)27(33)25-35-28)37-30(39)24-22-20-18-16-14-12-10-8-6-4-2/h27-28,31-34H,3-26H2,1-2H3/t27-,28+,31+,32+/m0/s1. The fourth-order valence-electron chi connectivity index (χ4n) is 5.11. The van der Waals surface area contributed by atoms with Crippen LogP contribution in [0.15, 0.2) is 0 Å². The highest BCUT2D eigenvalue weighted by Crippen LogP contribution is 2.22. The Morgan fingerprint density at radius 3 is 1.51 bits per heavy atom. The number of ether oxygens (including phenoxy) is 3. The van der Waals surface area contributed by atoms with Crippen LogP contribution < -0.4 is 0 Å². The van der Waals surface area contributed by atoms with E-state index in [1.807, 2.05) is 0 Å². The van der Waals surface area contributed by atoms with Crippen molar-refractivity contribution < 1.29 is 24.4 Å². The summed E-state index contributed by atoms with van der Waals surface area (Å²) in [6, 6.07) is 0. The molecule has 1 saturated heterocycles. The van der Waals surface area contributed by atoms with Gasteiger partial charge in [-0.25, -0.2) is 0 Å². The Labute approximate surface area is 251 Å². The quantitative estimate of drug-likeness (QED) is 0.0816. The molecule has 0 bridgehead atoms. The summed E-state index contributed by atoms with van der Waals surface area (Å²) in [5.74, 6) is 0. The SMILES string of the molecule is CCCCCCCCCCCCC(=S)OC[C@H]1OC[C@H](O)[C@@H](O)[C@@H]1OC(=S)CCCCCCCCCCCC. The lowest BCUT2D eigenvalue weighted by atomic mass is 10.00. The third-order valence-corrected chi connectivity index (χ3v) is 8.35. The summed E-state index contributed by atoms with van der Waals surface area (Å²) in [5, 5.41) is 21.7. The minimum atomic E-state index is -1.06. The second-order valence-corrected chi connectivity index (χ2v) is 12.3. The first-order valence-corrected chi connectivity index (χ1v) is 17.1. The first-order valence-electron chi connectivity index (χ1n) is 16.3. The Kier molecular flexibility index (Phi) is 23.9. The van der Waals surface area contributed by atoms with Gasteiger partial charge in [0.05, 0.1) is 6.61 Å². The molecule has 1 heterocycles. The molecule has 1 aliphatic rings. The maximum absolute atomic E-state index is 10.6. The largest absolute Gasteiger partial charge is 0.484 e. The molecule has 0 aromatic heterocycles. The highest BCUT2D eigenvalue weighted by atomic mass is 32.1. The smallest absolute Gasteiger partial charge is 0.160 e. The second-order valence-electron chi connectivity index (χ2n) is 11.4. The van der Waals surface area contributed by atoms with Crippen molar-refractivity contribution in [2.24, 2.45) is 0 Å². The zero-order valence-electron chi connectivity index (χ0n) is 25.2. The summed E-state index contributed by atoms with van der Waals surface area (Å²) >= 11 is 10.9. The van der Waals surface area contributed by atoms with Gasteiger partial charge in [-0.05, 0) is 37.3 Å². The van der Waals surface area contributed by atoms with Crippen molar-refractivity contribution >= 4 is 34.5 Å². The van der Waals surface area contributed by atoms with Crippen LogP contribution in [0.2, 0.25) is 0 Å². The predicted molar refractivity (Wildman–Crippen MR) is 171 cm³/mol. The monoisotopic (exact) mass is 588 g/mol. The average Bonchev–Trinajstić information content (AvgIpc) is 2.93. The third-order valence-electron chi connectivity index (χ3n) is 7.72. The summed E-state index contributed by atoms with van der Waals surface area (Å²) in [7, 11) is 0. The molecule has 0 aliphatic carbocycles. The van der Waals surface area contributed by atoms with Gasteiger partial charge >= 0.3 is 0 Å². The summed E-state index contributed by atoms with van der Waals surface area (Å²) < 4.78 is 17.5. The molecule has 0 spiro atoms. The molecule has 1 fully saturated rings. The van der Waals surface area contributed by atoms with E-state index in [2.05, 4.69) is 13.8 Å². The van der Waals surface area contributed by atoms with Gasteiger partial charge in [0.1, 0.15) is 24.9 Å². The van der Waals surface area contributed by atoms with E-state index in [4.69, 9.17) is 38.6 Å². The van der Waals surface area contributed by atoms with Crippen LogP contribution in [-0.2, 0) is 14.2 Å². The maximum Gasteiger partial charge on any atom is 0.160 e. The number of aliphatic hydroxyl groups excluding tert-OH is 2. The van der Waals surface area contributed by atoms with Crippen LogP contribution in [-0.4, -0.2) is 57.9 Å². The molecule has 2 N–H and O–H groups in total. The lowest BCUT2D eigenvalue weighted by Gasteiger charge is -2.38. The molecule has 4 atom stereocenters. The minimum Gasteiger partial charge on any atom is -0.484 e. The number of unbranched alkanes of at least 4 members (excludes halogenated alkanes) is 18. The molecular weight excluding hydrogens is 528 g/mol. The molecule has 39 heavy (non-hydrogen) atoms. The molecular formula is C32H60O5S2. The molecule has 1 aliphatic heterocycles. The van der Waals surface area contributed by atoms with Crippen LogP contribution in [0.5, 0.6) is 0 Å². The molecule has 0 radical (unpaired) electrons. The van der Waals surface area contributed by atoms with Gasteiger partial charge < -0.3 is 24.4 Å². The van der Waals surface area contributed by atoms with Crippen LogP contribution in [0.4, 0.5) is 0 Å². The zero-order valence-corrected chi connectivity index (χ0v) is 26.8. The fourth-order valence-corrected chi connectivity index (χ4v) is 5.58. The first-order chi connectivity index (χ1) is 19.0. The van der Waals surface area contributed by atoms with Crippen molar-refractivity contribution in [3.8, 4) is 0 Å². The van der Waals surface area contributed by atoms with E-state index in [0.717, 1.165) is 25.7 Å². The van der Waals surface area contributed by atoms with Gasteiger partial charge in [0, 0.05) is 12.8 Å². The second kappa shape index (κ2) is 25.4. The van der Waals surface area contributed by atoms with E-state index in [9.17, 15) is 10.2 Å². The topological polar surface area (TPSA) is 68.2 Å². The van der Waals surface area contributed by atoms with E-state index in [1.165, 1.54) is 109 Å². The Hall–Kier alpha value is -0.340. The normalized spacial score (nSPS) is 21.1. The molecule has 230 valence electrons. The van der Waals surface area contributed by atoms with Gasteiger partial charge in [-0.2, -0.15) is 0 Å². The molecule has 0 aromatic rings. The summed E-state index contributed by atoms with van der Waals surface area (Å²) in [6.45, 7) is 4.76. The predicted octanol–water partition coefficient (Wildman–Crippen LogP) is 8.79. The minimum absolute atomic E-state index is 0.0471. The highest BCUT2D eigenvalue weighted by molar-refractivity contribution is 7.80. The van der Waals surface area contributed by atoms with Gasteiger partial charge in [-0.1, -0.05) is 129 Å². The molecule has 0 unspecified atom stereocenters. The van der Waals surface area contributed by atoms with E-state index in [-0.39, 0.29) is 13.2 Å². The Bertz CT molecular complexity index is 603. The van der Waals surface area contributed by atoms with E-state index in [0.29, 0.717) is 16.5 Å². The molecule has 7 heteroatoms. The number of thiocarbonyl (C=S) groups is 2. The van der Waals surface area contributed by atoms with Crippen LogP contribution >= 0.6 is 24.4 Å². The number of hydrogen-bond donors (Lipinski definition) is 2. The number of aliphatic hydroxyl groups is 2. The molecule has 0 aromatic carbocycles. The maximum atomic E-state index is 10.6. The number of hydrogen-bond acceptors (Lipinski definition) is 7. The average molecular weight is 589 g/mol. The highest BCUT2D eigenvalue weighted by Gasteiger charge is 2.41. The van der Waals surface area contributed by atoms with Crippen LogP contribution in [0.1, 0.15) is 155 Å². The van der Waals surface area contributed by atoms with Gasteiger partial charge in [0.2, 0.25) is 0 Å². The van der Waals surface area contributed by atoms with Crippen LogP contribution in [0, 0.1) is 0 Å². The van der Waals surface area contributed by atoms with Gasteiger partial charge in [-0.15, -0.1) is 0 Å². The molecule has 1 rings (SSSR count).